The Labute approximate surface area is 114 Å². The second-order valence-corrected chi connectivity index (χ2v) is 5.83. The number of thiophene rings is 1. The monoisotopic (exact) mass is 259 g/mol. The Morgan fingerprint density at radius 1 is 1.22 bits per heavy atom. The van der Waals surface area contributed by atoms with Crippen molar-refractivity contribution in [2.75, 3.05) is 0 Å². The van der Waals surface area contributed by atoms with Crippen LogP contribution in [0.1, 0.15) is 29.2 Å². The van der Waals surface area contributed by atoms with Gasteiger partial charge in [-0.25, -0.2) is 0 Å². The van der Waals surface area contributed by atoms with Gasteiger partial charge in [-0.1, -0.05) is 23.8 Å². The Morgan fingerprint density at radius 2 is 2.06 bits per heavy atom. The molecule has 0 fully saturated rings. The van der Waals surface area contributed by atoms with Crippen molar-refractivity contribution >= 4 is 11.3 Å². The molecule has 0 bridgehead atoms. The summed E-state index contributed by atoms with van der Waals surface area (Å²) in [4.78, 5) is 0. The van der Waals surface area contributed by atoms with Crippen LogP contribution in [0.5, 0.6) is 0 Å². The van der Waals surface area contributed by atoms with Crippen molar-refractivity contribution in [3.8, 4) is 0 Å². The van der Waals surface area contributed by atoms with E-state index in [0.717, 1.165) is 13.0 Å². The number of benzene rings is 1. The highest BCUT2D eigenvalue weighted by atomic mass is 32.1. The fourth-order valence-electron chi connectivity index (χ4n) is 2.11. The van der Waals surface area contributed by atoms with Gasteiger partial charge in [-0.3, -0.25) is 0 Å². The van der Waals surface area contributed by atoms with E-state index < -0.39 is 0 Å². The van der Waals surface area contributed by atoms with E-state index in [2.05, 4.69) is 61.1 Å². The van der Waals surface area contributed by atoms with Gasteiger partial charge in [0, 0.05) is 12.6 Å². The Morgan fingerprint density at radius 3 is 2.78 bits per heavy atom. The molecule has 96 valence electrons. The molecule has 1 aromatic carbocycles. The van der Waals surface area contributed by atoms with E-state index in [-0.39, 0.29) is 0 Å². The molecule has 0 radical (unpaired) electrons. The van der Waals surface area contributed by atoms with Crippen molar-refractivity contribution in [3.05, 3.63) is 57.3 Å². The van der Waals surface area contributed by atoms with Crippen LogP contribution < -0.4 is 5.32 Å². The summed E-state index contributed by atoms with van der Waals surface area (Å²) < 4.78 is 0. The Hall–Kier alpha value is -1.12. The zero-order chi connectivity index (χ0) is 13.0. The Balaban J connectivity index is 1.89. The fourth-order valence-corrected chi connectivity index (χ4v) is 2.79. The van der Waals surface area contributed by atoms with Gasteiger partial charge in [0.2, 0.25) is 0 Å². The molecule has 0 spiro atoms. The van der Waals surface area contributed by atoms with E-state index in [1.165, 1.54) is 22.3 Å². The molecule has 1 nitrogen and oxygen atoms in total. The third-order valence-corrected chi connectivity index (χ3v) is 4.00. The first-order valence-corrected chi connectivity index (χ1v) is 7.40. The average molecular weight is 259 g/mol. The van der Waals surface area contributed by atoms with Crippen molar-refractivity contribution in [1.82, 2.24) is 5.32 Å². The first kappa shape index (κ1) is 13.3. The van der Waals surface area contributed by atoms with Crippen molar-refractivity contribution in [1.29, 1.82) is 0 Å². The summed E-state index contributed by atoms with van der Waals surface area (Å²) in [6.07, 6.45) is 1.11. The molecule has 2 aromatic rings. The van der Waals surface area contributed by atoms with Gasteiger partial charge in [0.05, 0.1) is 0 Å². The maximum absolute atomic E-state index is 3.61. The first-order valence-electron chi connectivity index (χ1n) is 6.46. The van der Waals surface area contributed by atoms with E-state index >= 15 is 0 Å². The van der Waals surface area contributed by atoms with Crippen LogP contribution in [-0.2, 0) is 13.0 Å². The number of hydrogen-bond donors (Lipinski definition) is 1. The van der Waals surface area contributed by atoms with Crippen LogP contribution in [0, 0.1) is 13.8 Å². The van der Waals surface area contributed by atoms with E-state index in [0.29, 0.717) is 6.04 Å². The average Bonchev–Trinajstić information content (AvgIpc) is 2.83. The maximum atomic E-state index is 3.61. The molecule has 0 saturated heterocycles. The van der Waals surface area contributed by atoms with Crippen LogP contribution in [0.4, 0.5) is 0 Å². The topological polar surface area (TPSA) is 12.0 Å². The lowest BCUT2D eigenvalue weighted by Gasteiger charge is -2.14. The summed E-state index contributed by atoms with van der Waals surface area (Å²) >= 11 is 1.77. The van der Waals surface area contributed by atoms with Crippen molar-refractivity contribution < 1.29 is 0 Å². The fraction of sp³-hybridized carbons (Fsp3) is 0.375. The lowest BCUT2D eigenvalue weighted by Crippen LogP contribution is -2.27. The van der Waals surface area contributed by atoms with Crippen molar-refractivity contribution in [3.63, 3.8) is 0 Å². The molecule has 0 amide bonds. The largest absolute Gasteiger partial charge is 0.310 e. The number of rotatable bonds is 5. The summed E-state index contributed by atoms with van der Waals surface area (Å²) in [7, 11) is 0. The maximum Gasteiger partial charge on any atom is 0.0210 e. The molecule has 1 N–H and O–H groups in total. The molecular weight excluding hydrogens is 238 g/mol. The van der Waals surface area contributed by atoms with Gasteiger partial charge in [0.25, 0.3) is 0 Å². The van der Waals surface area contributed by atoms with Crippen LogP contribution in [0.2, 0.25) is 0 Å². The minimum Gasteiger partial charge on any atom is -0.310 e. The predicted octanol–water partition coefficient (Wildman–Crippen LogP) is 4.09. The van der Waals surface area contributed by atoms with Gasteiger partial charge >= 0.3 is 0 Å². The quantitative estimate of drug-likeness (QED) is 0.853. The summed E-state index contributed by atoms with van der Waals surface area (Å²) in [6, 6.07) is 9.38. The van der Waals surface area contributed by atoms with Gasteiger partial charge in [0.15, 0.2) is 0 Å². The smallest absolute Gasteiger partial charge is 0.0210 e. The second-order valence-electron chi connectivity index (χ2n) is 5.05. The lowest BCUT2D eigenvalue weighted by atomic mass is 10.0. The molecular formula is C16H21NS. The molecule has 0 aliphatic rings. The zero-order valence-electron chi connectivity index (χ0n) is 11.4. The van der Waals surface area contributed by atoms with Crippen LogP contribution in [0.15, 0.2) is 35.0 Å². The van der Waals surface area contributed by atoms with E-state index in [1.54, 1.807) is 11.3 Å². The molecule has 18 heavy (non-hydrogen) atoms. The Kier molecular flexibility index (Phi) is 4.56. The van der Waals surface area contributed by atoms with Gasteiger partial charge < -0.3 is 5.32 Å². The molecule has 2 rings (SSSR count). The normalized spacial score (nSPS) is 12.6. The van der Waals surface area contributed by atoms with E-state index in [1.807, 2.05) is 0 Å². The standard InChI is InChI=1S/C16H21NS/c1-12-4-5-13(2)16(8-12)10-17-14(3)9-15-6-7-18-11-15/h4-8,11,14,17H,9-10H2,1-3H3. The molecule has 1 unspecified atom stereocenters. The van der Waals surface area contributed by atoms with Gasteiger partial charge in [-0.05, 0) is 60.7 Å². The first-order chi connectivity index (χ1) is 8.65. The molecule has 0 saturated carbocycles. The Bertz CT molecular complexity index is 488. The lowest BCUT2D eigenvalue weighted by molar-refractivity contribution is 0.545. The van der Waals surface area contributed by atoms with Crippen LogP contribution in [0.3, 0.4) is 0 Å². The van der Waals surface area contributed by atoms with Gasteiger partial charge in [0.1, 0.15) is 0 Å². The summed E-state index contributed by atoms with van der Waals surface area (Å²) in [5.41, 5.74) is 5.55. The highest BCUT2D eigenvalue weighted by molar-refractivity contribution is 7.07. The van der Waals surface area contributed by atoms with E-state index in [4.69, 9.17) is 0 Å². The molecule has 0 aliphatic carbocycles. The number of nitrogens with one attached hydrogen (secondary N) is 1. The highest BCUT2D eigenvalue weighted by Gasteiger charge is 2.05. The number of hydrogen-bond acceptors (Lipinski definition) is 2. The summed E-state index contributed by atoms with van der Waals surface area (Å²) in [6.45, 7) is 7.54. The third-order valence-electron chi connectivity index (χ3n) is 3.27. The SMILES string of the molecule is Cc1ccc(C)c(CNC(C)Cc2ccsc2)c1. The molecule has 1 aromatic heterocycles. The van der Waals surface area contributed by atoms with Crippen LogP contribution >= 0.6 is 11.3 Å². The van der Waals surface area contributed by atoms with Crippen molar-refractivity contribution in [2.45, 2.75) is 39.8 Å². The number of aryl methyl sites for hydroxylation is 2. The summed E-state index contributed by atoms with van der Waals surface area (Å²) in [5, 5.41) is 7.99. The molecule has 1 atom stereocenters. The third kappa shape index (κ3) is 3.69. The summed E-state index contributed by atoms with van der Waals surface area (Å²) in [5.74, 6) is 0. The van der Waals surface area contributed by atoms with Crippen LogP contribution in [0.25, 0.3) is 0 Å². The highest BCUT2D eigenvalue weighted by Crippen LogP contribution is 2.12. The van der Waals surface area contributed by atoms with Crippen LogP contribution in [-0.4, -0.2) is 6.04 Å². The van der Waals surface area contributed by atoms with Crippen molar-refractivity contribution in [2.24, 2.45) is 0 Å². The van der Waals surface area contributed by atoms with E-state index in [9.17, 15) is 0 Å². The predicted molar refractivity (Wildman–Crippen MR) is 80.2 cm³/mol. The minimum atomic E-state index is 0.513. The van der Waals surface area contributed by atoms with Gasteiger partial charge in [-0.15, -0.1) is 0 Å². The minimum absolute atomic E-state index is 0.513. The van der Waals surface area contributed by atoms with Gasteiger partial charge in [-0.2, -0.15) is 11.3 Å². The molecule has 0 aliphatic heterocycles. The molecule has 2 heteroatoms. The zero-order valence-corrected chi connectivity index (χ0v) is 12.2. The second kappa shape index (κ2) is 6.17. The molecule has 1 heterocycles.